The van der Waals surface area contributed by atoms with Crippen molar-refractivity contribution in [2.24, 2.45) is 5.92 Å². The van der Waals surface area contributed by atoms with Gasteiger partial charge in [-0.1, -0.05) is 68.1 Å². The number of carbonyl (C=O) groups is 1. The van der Waals surface area contributed by atoms with Crippen molar-refractivity contribution in [3.8, 4) is 11.5 Å². The summed E-state index contributed by atoms with van der Waals surface area (Å²) in [6.45, 7) is 6.93. The molecule has 0 spiro atoms. The van der Waals surface area contributed by atoms with Crippen LogP contribution in [0.1, 0.15) is 32.7 Å². The number of methoxy groups -OCH3 is 1. The molecule has 1 atom stereocenters. The molecule has 0 fully saturated rings. The fourth-order valence-corrected chi connectivity index (χ4v) is 4.55. The Bertz CT molecular complexity index is 1300. The van der Waals surface area contributed by atoms with Crippen molar-refractivity contribution in [1.29, 1.82) is 0 Å². The number of amides is 1. The van der Waals surface area contributed by atoms with Crippen molar-refractivity contribution in [2.75, 3.05) is 18.2 Å². The third-order valence-corrected chi connectivity index (χ3v) is 6.36. The molecule has 1 heterocycles. The minimum absolute atomic E-state index is 0.0933. The van der Waals surface area contributed by atoms with E-state index in [4.69, 9.17) is 9.47 Å². The lowest BCUT2D eigenvalue weighted by Gasteiger charge is -2.19. The third kappa shape index (κ3) is 6.14. The second-order valence-electron chi connectivity index (χ2n) is 8.65. The average molecular weight is 491 g/mol. The van der Waals surface area contributed by atoms with E-state index >= 15 is 0 Å². The highest BCUT2D eigenvalue weighted by Gasteiger charge is 2.22. The fourth-order valence-electron chi connectivity index (χ4n) is 3.80. The zero-order valence-electron chi connectivity index (χ0n) is 20.4. The first kappa shape index (κ1) is 24.6. The Morgan fingerprint density at radius 2 is 1.69 bits per heavy atom. The molecule has 7 nitrogen and oxygen atoms in total. The molecule has 0 saturated heterocycles. The van der Waals surface area contributed by atoms with Gasteiger partial charge in [0.15, 0.2) is 28.6 Å². The Labute approximate surface area is 209 Å². The van der Waals surface area contributed by atoms with Crippen molar-refractivity contribution in [3.63, 3.8) is 0 Å². The number of hydrogen-bond donors (Lipinski definition) is 1. The van der Waals surface area contributed by atoms with E-state index in [2.05, 4.69) is 35.4 Å². The highest BCUT2D eigenvalue weighted by Crippen LogP contribution is 2.31. The second kappa shape index (κ2) is 11.3. The molecule has 182 valence electrons. The standard InChI is InChI=1S/C27H30N4O3S/c1-18(2)16-31-26(19(3)34-24-12-8-7-11-23(24)33-4)29-30-27(31)35-17-25(32)28-22-14-13-20-9-5-6-10-21(20)15-22/h5-15,18-19H,16-17H2,1-4H3,(H,28,32). The number of aromatic nitrogens is 3. The van der Waals surface area contributed by atoms with Crippen LogP contribution < -0.4 is 14.8 Å². The Hall–Kier alpha value is -3.52. The number of carbonyl (C=O) groups excluding carboxylic acids is 1. The third-order valence-electron chi connectivity index (χ3n) is 5.40. The quantitative estimate of drug-likeness (QED) is 0.276. The van der Waals surface area contributed by atoms with Crippen LogP contribution >= 0.6 is 11.8 Å². The van der Waals surface area contributed by atoms with Crippen LogP contribution in [-0.4, -0.2) is 33.5 Å². The van der Waals surface area contributed by atoms with Gasteiger partial charge in [0.2, 0.25) is 5.91 Å². The van der Waals surface area contributed by atoms with Crippen molar-refractivity contribution in [2.45, 2.75) is 38.6 Å². The fraction of sp³-hybridized carbons (Fsp3) is 0.296. The zero-order chi connectivity index (χ0) is 24.8. The summed E-state index contributed by atoms with van der Waals surface area (Å²) < 4.78 is 13.6. The number of rotatable bonds is 10. The number of benzene rings is 3. The van der Waals surface area contributed by atoms with Crippen molar-refractivity contribution >= 4 is 34.1 Å². The molecule has 3 aromatic carbocycles. The van der Waals surface area contributed by atoms with E-state index in [1.165, 1.54) is 11.8 Å². The summed E-state index contributed by atoms with van der Waals surface area (Å²) in [7, 11) is 1.62. The summed E-state index contributed by atoms with van der Waals surface area (Å²) in [5, 5.41) is 14.7. The van der Waals surface area contributed by atoms with Gasteiger partial charge in [-0.3, -0.25) is 4.79 Å². The molecule has 0 saturated carbocycles. The van der Waals surface area contributed by atoms with Gasteiger partial charge in [-0.05, 0) is 47.9 Å². The summed E-state index contributed by atoms with van der Waals surface area (Å²) in [6, 6.07) is 21.5. The van der Waals surface area contributed by atoms with Crippen molar-refractivity contribution in [1.82, 2.24) is 14.8 Å². The predicted octanol–water partition coefficient (Wildman–Crippen LogP) is 5.97. The van der Waals surface area contributed by atoms with Gasteiger partial charge in [0.1, 0.15) is 0 Å². The predicted molar refractivity (Wildman–Crippen MR) is 140 cm³/mol. The maximum Gasteiger partial charge on any atom is 0.234 e. The van der Waals surface area contributed by atoms with Crippen LogP contribution in [0.3, 0.4) is 0 Å². The lowest BCUT2D eigenvalue weighted by molar-refractivity contribution is -0.113. The lowest BCUT2D eigenvalue weighted by Crippen LogP contribution is -2.17. The smallest absolute Gasteiger partial charge is 0.234 e. The highest BCUT2D eigenvalue weighted by atomic mass is 32.2. The Balaban J connectivity index is 1.45. The molecule has 8 heteroatoms. The van der Waals surface area contributed by atoms with E-state index < -0.39 is 0 Å². The summed E-state index contributed by atoms with van der Waals surface area (Å²) in [4.78, 5) is 12.7. The Morgan fingerprint density at radius 3 is 2.43 bits per heavy atom. The highest BCUT2D eigenvalue weighted by molar-refractivity contribution is 7.99. The lowest BCUT2D eigenvalue weighted by atomic mass is 10.1. The normalized spacial score (nSPS) is 12.0. The van der Waals surface area contributed by atoms with Crippen LogP contribution in [0.2, 0.25) is 0 Å². The molecule has 1 unspecified atom stereocenters. The summed E-state index contributed by atoms with van der Waals surface area (Å²) in [5.41, 5.74) is 0.775. The minimum atomic E-state index is -0.349. The summed E-state index contributed by atoms with van der Waals surface area (Å²) in [5.74, 6) is 2.52. The van der Waals surface area contributed by atoms with Crippen LogP contribution in [0.4, 0.5) is 5.69 Å². The first-order valence-corrected chi connectivity index (χ1v) is 12.6. The van der Waals surface area contributed by atoms with Gasteiger partial charge in [-0.25, -0.2) is 0 Å². The summed E-state index contributed by atoms with van der Waals surface area (Å²) in [6.07, 6.45) is -0.349. The molecule has 1 N–H and O–H groups in total. The first-order chi connectivity index (χ1) is 16.9. The average Bonchev–Trinajstić information content (AvgIpc) is 3.24. The van der Waals surface area contributed by atoms with E-state index in [-0.39, 0.29) is 17.8 Å². The topological polar surface area (TPSA) is 78.3 Å². The summed E-state index contributed by atoms with van der Waals surface area (Å²) >= 11 is 1.37. The van der Waals surface area contributed by atoms with Gasteiger partial charge >= 0.3 is 0 Å². The minimum Gasteiger partial charge on any atom is -0.493 e. The number of fused-ring (bicyclic) bond motifs is 1. The van der Waals surface area contributed by atoms with E-state index in [1.807, 2.05) is 72.2 Å². The molecular formula is C27H30N4O3S. The molecule has 0 aliphatic heterocycles. The van der Waals surface area contributed by atoms with Crippen molar-refractivity contribution in [3.05, 3.63) is 72.6 Å². The number of ether oxygens (including phenoxy) is 2. The molecule has 0 aliphatic carbocycles. The van der Waals surface area contributed by atoms with E-state index in [0.717, 1.165) is 23.0 Å². The van der Waals surface area contributed by atoms with E-state index in [1.54, 1.807) is 7.11 Å². The molecule has 4 aromatic rings. The molecule has 1 amide bonds. The largest absolute Gasteiger partial charge is 0.493 e. The van der Waals surface area contributed by atoms with E-state index in [0.29, 0.717) is 28.4 Å². The monoisotopic (exact) mass is 490 g/mol. The number of thioether (sulfide) groups is 1. The van der Waals surface area contributed by atoms with Gasteiger partial charge < -0.3 is 19.4 Å². The SMILES string of the molecule is COc1ccccc1OC(C)c1nnc(SCC(=O)Nc2ccc3ccccc3c2)n1CC(C)C. The Morgan fingerprint density at radius 1 is 0.971 bits per heavy atom. The number of nitrogens with one attached hydrogen (secondary N) is 1. The van der Waals surface area contributed by atoms with Crippen LogP contribution in [0.15, 0.2) is 71.9 Å². The van der Waals surface area contributed by atoms with Crippen LogP contribution in [-0.2, 0) is 11.3 Å². The molecular weight excluding hydrogens is 460 g/mol. The zero-order valence-corrected chi connectivity index (χ0v) is 21.2. The molecule has 1 aromatic heterocycles. The number of nitrogens with zero attached hydrogens (tertiary/aromatic N) is 3. The van der Waals surface area contributed by atoms with Gasteiger partial charge in [0, 0.05) is 12.2 Å². The number of anilines is 1. The maximum atomic E-state index is 12.7. The number of hydrogen-bond acceptors (Lipinski definition) is 6. The molecule has 35 heavy (non-hydrogen) atoms. The molecule has 0 bridgehead atoms. The van der Waals surface area contributed by atoms with Gasteiger partial charge in [-0.15, -0.1) is 10.2 Å². The van der Waals surface area contributed by atoms with Crippen molar-refractivity contribution < 1.29 is 14.3 Å². The second-order valence-corrected chi connectivity index (χ2v) is 9.60. The van der Waals surface area contributed by atoms with E-state index in [9.17, 15) is 4.79 Å². The maximum absolute atomic E-state index is 12.7. The van der Waals surface area contributed by atoms with Crippen LogP contribution in [0, 0.1) is 5.92 Å². The van der Waals surface area contributed by atoms with Gasteiger partial charge in [-0.2, -0.15) is 0 Å². The molecule has 0 aliphatic rings. The van der Waals surface area contributed by atoms with Gasteiger partial charge in [0.25, 0.3) is 0 Å². The Kier molecular flexibility index (Phi) is 7.92. The molecule has 0 radical (unpaired) electrons. The van der Waals surface area contributed by atoms with Gasteiger partial charge in [0.05, 0.1) is 12.9 Å². The van der Waals surface area contributed by atoms with Crippen LogP contribution in [0.25, 0.3) is 10.8 Å². The van der Waals surface area contributed by atoms with Crippen LogP contribution in [0.5, 0.6) is 11.5 Å². The number of para-hydroxylation sites is 2. The molecule has 4 rings (SSSR count). The first-order valence-electron chi connectivity index (χ1n) is 11.6.